The van der Waals surface area contributed by atoms with E-state index in [0.717, 1.165) is 0 Å². The number of rotatable bonds is 16. The Bertz CT molecular complexity index is 806. The van der Waals surface area contributed by atoms with Crippen LogP contribution in [0.15, 0.2) is 48.6 Å². The smallest absolute Gasteiger partial charge is 0.462 e. The van der Waals surface area contributed by atoms with Gasteiger partial charge in [-0.3, -0.25) is 4.43 Å². The lowest BCUT2D eigenvalue weighted by molar-refractivity contribution is -0.423. The fraction of sp³-hybridized carbons (Fsp3) is 0.500. The predicted molar refractivity (Wildman–Crippen MR) is 130 cm³/mol. The molecule has 0 saturated heterocycles. The SMILES string of the molecule is C=C(C)C(=O)OCCC[Si](CCC)(OC)OC(OC(=O)C(=C)C)(OC(=O)C(=C)C)OC(=O)C(=C)C. The standard InChI is InChI=1S/C24H36O10Si/c1-11-14-35(29-10,15-12-13-30-20(25)16(2)3)34-24(31-21(26)17(4)5,32-22(27)18(6)7)33-23(28)19(8)9/h2,4,6,8,11-15H2,1,3,5,7,9-10H3. The fourth-order valence-corrected chi connectivity index (χ4v) is 5.41. The van der Waals surface area contributed by atoms with Gasteiger partial charge in [0, 0.05) is 29.4 Å². The van der Waals surface area contributed by atoms with Gasteiger partial charge < -0.3 is 23.4 Å². The van der Waals surface area contributed by atoms with E-state index in [-0.39, 0.29) is 41.4 Å². The summed E-state index contributed by atoms with van der Waals surface area (Å²) < 4.78 is 32.6. The zero-order valence-electron chi connectivity index (χ0n) is 21.4. The molecule has 1 atom stereocenters. The maximum Gasteiger partial charge on any atom is 0.559 e. The van der Waals surface area contributed by atoms with Crippen molar-refractivity contribution in [3.05, 3.63) is 48.6 Å². The molecule has 0 aliphatic heterocycles. The Morgan fingerprint density at radius 2 is 1.11 bits per heavy atom. The van der Waals surface area contributed by atoms with Gasteiger partial charge in [0.05, 0.1) is 6.61 Å². The molecule has 10 nitrogen and oxygen atoms in total. The highest BCUT2D eigenvalue weighted by atomic mass is 28.4. The number of ether oxygens (including phenoxy) is 4. The first-order chi connectivity index (χ1) is 16.1. The Kier molecular flexibility index (Phi) is 13.2. The van der Waals surface area contributed by atoms with E-state index < -0.39 is 38.6 Å². The van der Waals surface area contributed by atoms with Gasteiger partial charge in [-0.15, -0.1) is 0 Å². The molecule has 0 aliphatic carbocycles. The maximum atomic E-state index is 12.5. The molecule has 0 spiro atoms. The van der Waals surface area contributed by atoms with Gasteiger partial charge in [-0.05, 0) is 46.2 Å². The van der Waals surface area contributed by atoms with Gasteiger partial charge in [-0.2, -0.15) is 0 Å². The van der Waals surface area contributed by atoms with Crippen molar-refractivity contribution in [3.8, 4) is 0 Å². The molecule has 0 bridgehead atoms. The summed E-state index contributed by atoms with van der Waals surface area (Å²) in [4.78, 5) is 49.1. The molecule has 196 valence electrons. The topological polar surface area (TPSA) is 124 Å². The van der Waals surface area contributed by atoms with Crippen LogP contribution in [0, 0.1) is 0 Å². The first-order valence-corrected chi connectivity index (χ1v) is 13.1. The van der Waals surface area contributed by atoms with Crippen molar-refractivity contribution in [3.63, 3.8) is 0 Å². The van der Waals surface area contributed by atoms with Crippen molar-refractivity contribution in [2.75, 3.05) is 13.7 Å². The van der Waals surface area contributed by atoms with Crippen LogP contribution >= 0.6 is 0 Å². The summed E-state index contributed by atoms with van der Waals surface area (Å²) in [6, 6.07) is 0.516. The molecule has 0 aliphatic rings. The first-order valence-electron chi connectivity index (χ1n) is 10.9. The molecule has 0 fully saturated rings. The van der Waals surface area contributed by atoms with Crippen LogP contribution < -0.4 is 0 Å². The van der Waals surface area contributed by atoms with E-state index in [9.17, 15) is 19.2 Å². The summed E-state index contributed by atoms with van der Waals surface area (Å²) in [7, 11) is -2.07. The van der Waals surface area contributed by atoms with E-state index in [0.29, 0.717) is 12.5 Å². The average Bonchev–Trinajstić information content (AvgIpc) is 2.75. The Hall–Kier alpha value is -3.02. The minimum Gasteiger partial charge on any atom is -0.462 e. The first kappa shape index (κ1) is 32.0. The molecule has 0 aromatic rings. The molecule has 0 aromatic heterocycles. The van der Waals surface area contributed by atoms with E-state index in [1.54, 1.807) is 0 Å². The summed E-state index contributed by atoms with van der Waals surface area (Å²) >= 11 is 0. The minimum atomic E-state index is -3.44. The molecule has 1 unspecified atom stereocenters. The van der Waals surface area contributed by atoms with Crippen molar-refractivity contribution < 1.29 is 47.0 Å². The number of hydrogen-bond acceptors (Lipinski definition) is 10. The summed E-state index contributed by atoms with van der Waals surface area (Å²) in [5.41, 5.74) is 0.00186. The summed E-state index contributed by atoms with van der Waals surface area (Å²) in [6.07, 6.45) is -2.10. The summed E-state index contributed by atoms with van der Waals surface area (Å²) in [6.45, 7) is 21.4. The van der Waals surface area contributed by atoms with Crippen LogP contribution in [0.1, 0.15) is 47.5 Å². The lowest BCUT2D eigenvalue weighted by Gasteiger charge is -2.37. The predicted octanol–water partition coefficient (Wildman–Crippen LogP) is 3.98. The van der Waals surface area contributed by atoms with Crippen molar-refractivity contribution in [2.24, 2.45) is 0 Å². The van der Waals surface area contributed by atoms with Gasteiger partial charge in [-0.1, -0.05) is 39.7 Å². The molecule has 35 heavy (non-hydrogen) atoms. The van der Waals surface area contributed by atoms with Crippen LogP contribution in [0.2, 0.25) is 12.1 Å². The van der Waals surface area contributed by atoms with Crippen LogP contribution in [-0.4, -0.2) is 52.3 Å². The quantitative estimate of drug-likeness (QED) is 0.0986. The number of carbonyl (C=O) groups is 4. The Morgan fingerprint density at radius 1 is 0.714 bits per heavy atom. The van der Waals surface area contributed by atoms with Gasteiger partial charge in [0.15, 0.2) is 0 Å². The largest absolute Gasteiger partial charge is 0.559 e. The molecule has 0 rings (SSSR count). The lowest BCUT2D eigenvalue weighted by Crippen LogP contribution is -2.56. The van der Waals surface area contributed by atoms with Gasteiger partial charge >= 0.3 is 38.6 Å². The molecule has 11 heteroatoms. The van der Waals surface area contributed by atoms with Crippen LogP contribution in [0.3, 0.4) is 0 Å². The molecule has 0 radical (unpaired) electrons. The van der Waals surface area contributed by atoms with Crippen molar-refractivity contribution in [1.29, 1.82) is 0 Å². The van der Waals surface area contributed by atoms with Crippen molar-refractivity contribution in [1.82, 2.24) is 0 Å². The van der Waals surface area contributed by atoms with Gasteiger partial charge in [0.25, 0.3) is 0 Å². The van der Waals surface area contributed by atoms with Crippen LogP contribution in [0.4, 0.5) is 0 Å². The summed E-state index contributed by atoms with van der Waals surface area (Å²) in [5.74, 6) is -3.72. The van der Waals surface area contributed by atoms with E-state index in [1.807, 2.05) is 6.92 Å². The van der Waals surface area contributed by atoms with Crippen molar-refractivity contribution in [2.45, 2.75) is 65.7 Å². The van der Waals surface area contributed by atoms with Gasteiger partial charge in [0.2, 0.25) is 0 Å². The Balaban J connectivity index is 6.35. The highest BCUT2D eigenvalue weighted by Crippen LogP contribution is 2.32. The molecular formula is C24H36O10Si. The molecule has 0 heterocycles. The van der Waals surface area contributed by atoms with Gasteiger partial charge in [0.1, 0.15) is 0 Å². The second kappa shape index (κ2) is 14.4. The third-order valence-electron chi connectivity index (χ3n) is 4.30. The zero-order valence-corrected chi connectivity index (χ0v) is 22.4. The molecule has 0 amide bonds. The second-order valence-corrected chi connectivity index (χ2v) is 11.4. The maximum absolute atomic E-state index is 12.5. The van der Waals surface area contributed by atoms with Crippen molar-refractivity contribution >= 4 is 32.4 Å². The molecule has 0 aromatic carbocycles. The third kappa shape index (κ3) is 10.8. The highest BCUT2D eigenvalue weighted by molar-refractivity contribution is 6.67. The molecule has 0 N–H and O–H groups in total. The Labute approximate surface area is 207 Å². The Morgan fingerprint density at radius 3 is 1.43 bits per heavy atom. The molecular weight excluding hydrogens is 476 g/mol. The van der Waals surface area contributed by atoms with E-state index >= 15 is 0 Å². The normalized spacial score (nSPS) is 12.5. The van der Waals surface area contributed by atoms with E-state index in [1.165, 1.54) is 34.8 Å². The fourth-order valence-electron chi connectivity index (χ4n) is 2.44. The average molecular weight is 513 g/mol. The number of esters is 4. The van der Waals surface area contributed by atoms with Gasteiger partial charge in [-0.25, -0.2) is 19.2 Å². The zero-order chi connectivity index (χ0) is 27.4. The van der Waals surface area contributed by atoms with Crippen LogP contribution in [0.5, 0.6) is 0 Å². The lowest BCUT2D eigenvalue weighted by atomic mass is 10.3. The van der Waals surface area contributed by atoms with Crippen LogP contribution in [-0.2, 0) is 47.0 Å². The monoisotopic (exact) mass is 512 g/mol. The third-order valence-corrected chi connectivity index (χ3v) is 8.04. The number of hydrogen-bond donors (Lipinski definition) is 0. The molecule has 0 saturated carbocycles. The minimum absolute atomic E-state index is 0.0204. The second-order valence-electron chi connectivity index (χ2n) is 8.00. The summed E-state index contributed by atoms with van der Waals surface area (Å²) in [5, 5.41) is 0. The van der Waals surface area contributed by atoms with Crippen LogP contribution in [0.25, 0.3) is 0 Å². The number of carbonyl (C=O) groups excluding carboxylic acids is 4. The highest BCUT2D eigenvalue weighted by Gasteiger charge is 2.55. The van der Waals surface area contributed by atoms with E-state index in [4.69, 9.17) is 27.8 Å². The van der Waals surface area contributed by atoms with E-state index in [2.05, 4.69) is 26.3 Å².